The van der Waals surface area contributed by atoms with E-state index in [0.717, 1.165) is 29.5 Å². The Kier molecular flexibility index (Phi) is 3.79. The Labute approximate surface area is 151 Å². The summed E-state index contributed by atoms with van der Waals surface area (Å²) < 4.78 is 41.5. The molecule has 4 aromatic heterocycles. The molecule has 10 heteroatoms. The van der Waals surface area contributed by atoms with Gasteiger partial charge in [0.1, 0.15) is 17.4 Å². The molecular weight excluding hydrogens is 359 g/mol. The minimum absolute atomic E-state index is 0.0971. The summed E-state index contributed by atoms with van der Waals surface area (Å²) in [5.74, 6) is 0.759. The number of fused-ring (bicyclic) bond motifs is 2. The SMILES string of the molecule is Cc1nc2ccc(-c3ccn4nc(N[C@H](C)C(F)(F)F)ncc34)nc2n1C. The summed E-state index contributed by atoms with van der Waals surface area (Å²) in [6, 6.07) is 3.79. The maximum Gasteiger partial charge on any atom is 0.408 e. The summed E-state index contributed by atoms with van der Waals surface area (Å²) in [4.78, 5) is 13.1. The largest absolute Gasteiger partial charge is 0.408 e. The van der Waals surface area contributed by atoms with Crippen LogP contribution in [0.5, 0.6) is 0 Å². The molecule has 4 aromatic rings. The van der Waals surface area contributed by atoms with Crippen molar-refractivity contribution in [2.75, 3.05) is 5.32 Å². The number of alkyl halides is 3. The van der Waals surface area contributed by atoms with E-state index in [9.17, 15) is 13.2 Å². The summed E-state index contributed by atoms with van der Waals surface area (Å²) in [5, 5.41) is 6.37. The molecule has 0 saturated carbocycles. The second kappa shape index (κ2) is 5.93. The third kappa shape index (κ3) is 2.96. The van der Waals surface area contributed by atoms with Gasteiger partial charge in [0.15, 0.2) is 5.65 Å². The monoisotopic (exact) mass is 375 g/mol. The van der Waals surface area contributed by atoms with Gasteiger partial charge in [0.25, 0.3) is 0 Å². The Morgan fingerprint density at radius 3 is 2.67 bits per heavy atom. The fourth-order valence-corrected chi connectivity index (χ4v) is 2.79. The predicted octanol–water partition coefficient (Wildman–Crippen LogP) is 3.35. The molecule has 27 heavy (non-hydrogen) atoms. The third-order valence-corrected chi connectivity index (χ3v) is 4.47. The molecule has 4 heterocycles. The van der Waals surface area contributed by atoms with Gasteiger partial charge in [-0.1, -0.05) is 0 Å². The average Bonchev–Trinajstić information content (AvgIpc) is 3.15. The van der Waals surface area contributed by atoms with E-state index in [1.54, 1.807) is 12.3 Å². The molecule has 0 aliphatic carbocycles. The van der Waals surface area contributed by atoms with Crippen molar-refractivity contribution in [3.05, 3.63) is 36.4 Å². The number of aromatic nitrogens is 6. The van der Waals surface area contributed by atoms with Crippen LogP contribution in [0.4, 0.5) is 19.1 Å². The molecule has 7 nitrogen and oxygen atoms in total. The Balaban J connectivity index is 1.72. The number of anilines is 1. The second-order valence-electron chi connectivity index (χ2n) is 6.31. The number of hydrogen-bond acceptors (Lipinski definition) is 5. The van der Waals surface area contributed by atoms with Crippen LogP contribution in [-0.4, -0.2) is 41.4 Å². The lowest BCUT2D eigenvalue weighted by Crippen LogP contribution is -2.33. The summed E-state index contributed by atoms with van der Waals surface area (Å²) >= 11 is 0. The average molecular weight is 375 g/mol. The van der Waals surface area contributed by atoms with Crippen LogP contribution >= 0.6 is 0 Å². The molecule has 0 aliphatic heterocycles. The van der Waals surface area contributed by atoms with E-state index in [1.165, 1.54) is 10.7 Å². The highest BCUT2D eigenvalue weighted by Crippen LogP contribution is 2.26. The number of hydrogen-bond donors (Lipinski definition) is 1. The molecule has 1 N–H and O–H groups in total. The highest BCUT2D eigenvalue weighted by molar-refractivity contribution is 5.82. The van der Waals surface area contributed by atoms with Gasteiger partial charge in [-0.15, -0.1) is 5.10 Å². The normalized spacial score (nSPS) is 13.4. The number of nitrogens with one attached hydrogen (secondary N) is 1. The van der Waals surface area contributed by atoms with Crippen LogP contribution in [-0.2, 0) is 7.05 Å². The zero-order valence-electron chi connectivity index (χ0n) is 14.8. The van der Waals surface area contributed by atoms with Crippen molar-refractivity contribution in [2.24, 2.45) is 7.05 Å². The van der Waals surface area contributed by atoms with Crippen molar-refractivity contribution in [1.29, 1.82) is 0 Å². The van der Waals surface area contributed by atoms with Crippen LogP contribution in [0, 0.1) is 6.92 Å². The Bertz CT molecular complexity index is 1140. The summed E-state index contributed by atoms with van der Waals surface area (Å²) in [6.07, 6.45) is -1.23. The lowest BCUT2D eigenvalue weighted by molar-refractivity contribution is -0.138. The van der Waals surface area contributed by atoms with Crippen molar-refractivity contribution >= 4 is 22.6 Å². The zero-order valence-corrected chi connectivity index (χ0v) is 14.8. The smallest absolute Gasteiger partial charge is 0.341 e. The first-order valence-electron chi connectivity index (χ1n) is 8.22. The van der Waals surface area contributed by atoms with Crippen molar-refractivity contribution in [2.45, 2.75) is 26.1 Å². The van der Waals surface area contributed by atoms with E-state index >= 15 is 0 Å². The van der Waals surface area contributed by atoms with Gasteiger partial charge in [-0.3, -0.25) is 0 Å². The van der Waals surface area contributed by atoms with E-state index in [4.69, 9.17) is 0 Å². The lowest BCUT2D eigenvalue weighted by atomic mass is 10.2. The fourth-order valence-electron chi connectivity index (χ4n) is 2.79. The van der Waals surface area contributed by atoms with Crippen LogP contribution in [0.1, 0.15) is 12.7 Å². The first kappa shape index (κ1) is 17.3. The highest BCUT2D eigenvalue weighted by atomic mass is 19.4. The van der Waals surface area contributed by atoms with Crippen molar-refractivity contribution in [3.63, 3.8) is 0 Å². The topological polar surface area (TPSA) is 72.9 Å². The van der Waals surface area contributed by atoms with Crippen LogP contribution in [0.2, 0.25) is 0 Å². The van der Waals surface area contributed by atoms with Crippen LogP contribution < -0.4 is 5.32 Å². The van der Waals surface area contributed by atoms with Gasteiger partial charge in [0, 0.05) is 18.8 Å². The number of imidazole rings is 1. The molecular formula is C17H16F3N7. The molecule has 0 aromatic carbocycles. The molecule has 0 unspecified atom stereocenters. The Hall–Kier alpha value is -3.17. The van der Waals surface area contributed by atoms with Gasteiger partial charge in [-0.2, -0.15) is 13.2 Å². The first-order valence-corrected chi connectivity index (χ1v) is 8.22. The summed E-state index contributed by atoms with van der Waals surface area (Å²) in [7, 11) is 1.89. The molecule has 4 rings (SSSR count). The van der Waals surface area contributed by atoms with E-state index in [1.807, 2.05) is 30.7 Å². The van der Waals surface area contributed by atoms with E-state index < -0.39 is 12.2 Å². The molecule has 0 saturated heterocycles. The fraction of sp³-hybridized carbons (Fsp3) is 0.294. The molecule has 140 valence electrons. The third-order valence-electron chi connectivity index (χ3n) is 4.47. The number of pyridine rings is 1. The quantitative estimate of drug-likeness (QED) is 0.595. The van der Waals surface area contributed by atoms with Gasteiger partial charge in [-0.05, 0) is 32.0 Å². The van der Waals surface area contributed by atoms with E-state index in [2.05, 4.69) is 25.4 Å². The van der Waals surface area contributed by atoms with Gasteiger partial charge >= 0.3 is 6.18 Å². The molecule has 1 atom stereocenters. The number of halogens is 3. The maximum absolute atomic E-state index is 12.7. The number of aryl methyl sites for hydroxylation is 2. The minimum Gasteiger partial charge on any atom is -0.341 e. The number of nitrogens with zero attached hydrogens (tertiary/aromatic N) is 6. The van der Waals surface area contributed by atoms with E-state index in [-0.39, 0.29) is 5.95 Å². The molecule has 0 amide bonds. The van der Waals surface area contributed by atoms with Crippen LogP contribution in [0.15, 0.2) is 30.6 Å². The van der Waals surface area contributed by atoms with Gasteiger partial charge in [0.2, 0.25) is 5.95 Å². The molecule has 0 aliphatic rings. The van der Waals surface area contributed by atoms with E-state index in [0.29, 0.717) is 11.2 Å². The molecule has 0 radical (unpaired) electrons. The maximum atomic E-state index is 12.7. The Morgan fingerprint density at radius 1 is 1.15 bits per heavy atom. The minimum atomic E-state index is -4.37. The van der Waals surface area contributed by atoms with Crippen molar-refractivity contribution < 1.29 is 13.2 Å². The van der Waals surface area contributed by atoms with Crippen molar-refractivity contribution in [3.8, 4) is 11.3 Å². The predicted molar refractivity (Wildman–Crippen MR) is 94.4 cm³/mol. The molecule has 0 spiro atoms. The van der Waals surface area contributed by atoms with Gasteiger partial charge < -0.3 is 9.88 Å². The van der Waals surface area contributed by atoms with Gasteiger partial charge in [0.05, 0.1) is 17.4 Å². The van der Waals surface area contributed by atoms with Crippen molar-refractivity contribution in [1.82, 2.24) is 29.1 Å². The number of rotatable bonds is 3. The standard InChI is InChI=1S/C17H16F3N7/c1-9(17(18,19)20)22-16-21-8-14-11(6-7-27(14)25-16)12-4-5-13-15(24-12)26(3)10(2)23-13/h4-9H,1-3H3,(H,22,25)/t9-/m1/s1. The first-order chi connectivity index (χ1) is 12.7. The zero-order chi connectivity index (χ0) is 19.3. The highest BCUT2D eigenvalue weighted by Gasteiger charge is 2.36. The molecule has 0 bridgehead atoms. The second-order valence-corrected chi connectivity index (χ2v) is 6.31. The molecule has 0 fully saturated rings. The van der Waals surface area contributed by atoms with Crippen LogP contribution in [0.3, 0.4) is 0 Å². The summed E-state index contributed by atoms with van der Waals surface area (Å²) in [5.41, 5.74) is 3.69. The summed E-state index contributed by atoms with van der Waals surface area (Å²) in [6.45, 7) is 2.92. The lowest BCUT2D eigenvalue weighted by Gasteiger charge is -2.16. The Morgan fingerprint density at radius 2 is 1.93 bits per heavy atom. The van der Waals surface area contributed by atoms with Crippen LogP contribution in [0.25, 0.3) is 27.9 Å². The van der Waals surface area contributed by atoms with Gasteiger partial charge in [-0.25, -0.2) is 19.5 Å².